The van der Waals surface area contributed by atoms with E-state index in [-0.39, 0.29) is 17.6 Å². The molecule has 0 radical (unpaired) electrons. The summed E-state index contributed by atoms with van der Waals surface area (Å²) in [5.74, 6) is 0.836. The van der Waals surface area contributed by atoms with Crippen LogP contribution in [0.4, 0.5) is 0 Å². The van der Waals surface area contributed by atoms with E-state index in [1.54, 1.807) is 12.1 Å². The summed E-state index contributed by atoms with van der Waals surface area (Å²) in [6.07, 6.45) is 0. The third kappa shape index (κ3) is 3.71. The van der Waals surface area contributed by atoms with Crippen molar-refractivity contribution in [1.29, 1.82) is 5.26 Å². The zero-order chi connectivity index (χ0) is 20.4. The lowest BCUT2D eigenvalue weighted by molar-refractivity contribution is 0.306. The number of ether oxygens (including phenoxy) is 2. The number of allylic oxidation sites excluding steroid dienone is 1. The lowest BCUT2D eigenvalue weighted by Gasteiger charge is -2.26. The fourth-order valence-corrected chi connectivity index (χ4v) is 3.51. The van der Waals surface area contributed by atoms with Crippen LogP contribution in [0, 0.1) is 11.3 Å². The van der Waals surface area contributed by atoms with Gasteiger partial charge in [0.1, 0.15) is 35.5 Å². The van der Waals surface area contributed by atoms with E-state index < -0.39 is 0 Å². The van der Waals surface area contributed by atoms with Crippen molar-refractivity contribution in [3.8, 4) is 23.3 Å². The van der Waals surface area contributed by atoms with Gasteiger partial charge in [0.15, 0.2) is 0 Å². The van der Waals surface area contributed by atoms with Crippen molar-refractivity contribution in [1.82, 2.24) is 0 Å². The fraction of sp³-hybridized carbons (Fsp3) is 0.0870. The molecule has 3 aromatic rings. The number of nitriles is 1. The first-order valence-electron chi connectivity index (χ1n) is 8.93. The van der Waals surface area contributed by atoms with Crippen molar-refractivity contribution in [2.75, 3.05) is 0 Å². The minimum absolute atomic E-state index is 0.0367. The van der Waals surface area contributed by atoms with Crippen LogP contribution in [0.3, 0.4) is 0 Å². The van der Waals surface area contributed by atoms with E-state index in [1.807, 2.05) is 48.5 Å². The number of benzene rings is 3. The van der Waals surface area contributed by atoms with Gasteiger partial charge in [0, 0.05) is 22.2 Å². The van der Waals surface area contributed by atoms with Gasteiger partial charge >= 0.3 is 0 Å². The maximum Gasteiger partial charge on any atom is 0.205 e. The van der Waals surface area contributed by atoms with Crippen LogP contribution in [-0.2, 0) is 6.61 Å². The highest BCUT2D eigenvalue weighted by Crippen LogP contribution is 2.43. The molecule has 1 atom stereocenters. The first kappa shape index (κ1) is 18.7. The summed E-state index contributed by atoms with van der Waals surface area (Å²) in [7, 11) is 0. The summed E-state index contributed by atoms with van der Waals surface area (Å²) in [5, 5.41) is 20.0. The van der Waals surface area contributed by atoms with E-state index in [4.69, 9.17) is 26.8 Å². The van der Waals surface area contributed by atoms with E-state index in [0.29, 0.717) is 28.7 Å². The van der Waals surface area contributed by atoms with Gasteiger partial charge in [-0.25, -0.2) is 0 Å². The molecule has 1 aliphatic heterocycles. The Morgan fingerprint density at radius 3 is 2.59 bits per heavy atom. The van der Waals surface area contributed by atoms with E-state index in [2.05, 4.69) is 6.07 Å². The van der Waals surface area contributed by atoms with Crippen LogP contribution in [0.15, 0.2) is 78.2 Å². The monoisotopic (exact) mass is 404 g/mol. The number of hydrogen-bond donors (Lipinski definition) is 2. The number of fused-ring (bicyclic) bond motifs is 1. The molecular weight excluding hydrogens is 388 g/mol. The molecule has 4 rings (SSSR count). The van der Waals surface area contributed by atoms with E-state index in [0.717, 1.165) is 16.7 Å². The Balaban J connectivity index is 1.61. The standard InChI is InChI=1S/C23H17ClN2O3/c24-20-4-2-1-3-15(20)13-28-17-8-5-14(6-9-17)22-18-10-7-16(27)11-21(18)29-23(26)19(22)12-25/h1-11,22,27H,13,26H2/t22-/m1/s1. The third-order valence-electron chi connectivity index (χ3n) is 4.77. The second kappa shape index (κ2) is 7.78. The molecule has 3 aromatic carbocycles. The maximum atomic E-state index is 9.74. The first-order chi connectivity index (χ1) is 14.1. The van der Waals surface area contributed by atoms with Crippen molar-refractivity contribution in [3.05, 3.63) is 99.9 Å². The third-order valence-corrected chi connectivity index (χ3v) is 5.14. The van der Waals surface area contributed by atoms with Crippen molar-refractivity contribution in [2.24, 2.45) is 5.73 Å². The molecule has 0 aromatic heterocycles. The predicted octanol–water partition coefficient (Wildman–Crippen LogP) is 4.84. The largest absolute Gasteiger partial charge is 0.508 e. The van der Waals surface area contributed by atoms with Crippen LogP contribution in [0.5, 0.6) is 17.2 Å². The molecule has 144 valence electrons. The van der Waals surface area contributed by atoms with Crippen molar-refractivity contribution < 1.29 is 14.6 Å². The lowest BCUT2D eigenvalue weighted by atomic mass is 9.83. The molecule has 29 heavy (non-hydrogen) atoms. The highest BCUT2D eigenvalue weighted by atomic mass is 35.5. The van der Waals surface area contributed by atoms with Gasteiger partial charge in [-0.2, -0.15) is 5.26 Å². The van der Waals surface area contributed by atoms with Gasteiger partial charge in [-0.05, 0) is 29.8 Å². The van der Waals surface area contributed by atoms with E-state index >= 15 is 0 Å². The van der Waals surface area contributed by atoms with Gasteiger partial charge in [0.2, 0.25) is 5.88 Å². The van der Waals surface area contributed by atoms with Crippen molar-refractivity contribution >= 4 is 11.6 Å². The summed E-state index contributed by atoms with van der Waals surface area (Å²) in [6.45, 7) is 0.356. The molecule has 0 bridgehead atoms. The molecule has 3 N–H and O–H groups in total. The number of phenols is 1. The molecule has 0 spiro atoms. The van der Waals surface area contributed by atoms with Crippen molar-refractivity contribution in [2.45, 2.75) is 12.5 Å². The average molecular weight is 405 g/mol. The van der Waals surface area contributed by atoms with E-state index in [1.165, 1.54) is 6.07 Å². The molecule has 0 unspecified atom stereocenters. The molecule has 0 fully saturated rings. The second-order valence-corrected chi connectivity index (χ2v) is 7.00. The molecule has 0 aliphatic carbocycles. The quantitative estimate of drug-likeness (QED) is 0.649. The maximum absolute atomic E-state index is 9.74. The molecule has 6 heteroatoms. The number of aromatic hydroxyl groups is 1. The van der Waals surface area contributed by atoms with Crippen LogP contribution in [0.1, 0.15) is 22.6 Å². The van der Waals surface area contributed by atoms with Gasteiger partial charge in [0.25, 0.3) is 0 Å². The average Bonchev–Trinajstić information content (AvgIpc) is 2.72. The lowest BCUT2D eigenvalue weighted by Crippen LogP contribution is -2.20. The van der Waals surface area contributed by atoms with E-state index in [9.17, 15) is 10.4 Å². The number of hydrogen-bond acceptors (Lipinski definition) is 5. The van der Waals surface area contributed by atoms with Crippen LogP contribution < -0.4 is 15.2 Å². The normalized spacial score (nSPS) is 15.2. The Hall–Kier alpha value is -3.62. The molecule has 0 saturated heterocycles. The number of nitrogens with two attached hydrogens (primary N) is 1. The second-order valence-electron chi connectivity index (χ2n) is 6.60. The van der Waals surface area contributed by atoms with Crippen LogP contribution >= 0.6 is 11.6 Å². The highest BCUT2D eigenvalue weighted by molar-refractivity contribution is 6.31. The molecule has 5 nitrogen and oxygen atoms in total. The minimum atomic E-state index is -0.387. The summed E-state index contributed by atoms with van der Waals surface area (Å²) in [6, 6.07) is 21.9. The fourth-order valence-electron chi connectivity index (χ4n) is 3.32. The smallest absolute Gasteiger partial charge is 0.205 e. The number of halogens is 1. The SMILES string of the molecule is N#CC1=C(N)Oc2cc(O)ccc2[C@H]1c1ccc(OCc2ccccc2Cl)cc1. The van der Waals surface area contributed by atoms with Gasteiger partial charge in [-0.3, -0.25) is 0 Å². The Kier molecular flexibility index (Phi) is 5.03. The van der Waals surface area contributed by atoms with Gasteiger partial charge < -0.3 is 20.3 Å². The summed E-state index contributed by atoms with van der Waals surface area (Å²) in [4.78, 5) is 0. The van der Waals surface area contributed by atoms with Crippen LogP contribution in [0.2, 0.25) is 5.02 Å². The Morgan fingerprint density at radius 1 is 1.10 bits per heavy atom. The summed E-state index contributed by atoms with van der Waals surface area (Å²) < 4.78 is 11.4. The van der Waals surface area contributed by atoms with Gasteiger partial charge in [-0.1, -0.05) is 48.0 Å². The number of nitrogens with zero attached hydrogens (tertiary/aromatic N) is 1. The number of phenolic OH excluding ortho intramolecular Hbond substituents is 1. The van der Waals surface area contributed by atoms with Gasteiger partial charge in [-0.15, -0.1) is 0 Å². The highest BCUT2D eigenvalue weighted by Gasteiger charge is 2.30. The van der Waals surface area contributed by atoms with Crippen LogP contribution in [-0.4, -0.2) is 5.11 Å². The number of rotatable bonds is 4. The molecule has 0 amide bonds. The molecular formula is C23H17ClN2O3. The summed E-state index contributed by atoms with van der Waals surface area (Å²) in [5.41, 5.74) is 8.81. The minimum Gasteiger partial charge on any atom is -0.508 e. The van der Waals surface area contributed by atoms with Gasteiger partial charge in [0.05, 0.1) is 5.92 Å². The molecule has 1 heterocycles. The summed E-state index contributed by atoms with van der Waals surface area (Å²) >= 11 is 6.16. The Bertz CT molecular complexity index is 1130. The van der Waals surface area contributed by atoms with Crippen LogP contribution in [0.25, 0.3) is 0 Å². The Labute approximate surface area is 173 Å². The molecule has 1 aliphatic rings. The molecule has 0 saturated carbocycles. The zero-order valence-electron chi connectivity index (χ0n) is 15.3. The van der Waals surface area contributed by atoms with Crippen molar-refractivity contribution in [3.63, 3.8) is 0 Å². The Morgan fingerprint density at radius 2 is 1.86 bits per heavy atom. The topological polar surface area (TPSA) is 88.5 Å². The first-order valence-corrected chi connectivity index (χ1v) is 9.31. The zero-order valence-corrected chi connectivity index (χ0v) is 16.1. The predicted molar refractivity (Wildman–Crippen MR) is 110 cm³/mol.